The van der Waals surface area contributed by atoms with Gasteiger partial charge in [-0.15, -0.1) is 0 Å². The molecule has 1 aromatic carbocycles. The Kier molecular flexibility index (Phi) is 4.26. The summed E-state index contributed by atoms with van der Waals surface area (Å²) in [5.74, 6) is -1.30. The number of rotatable bonds is 5. The SMILES string of the molecule is Cc1cc(C(=O)NN2C(=O)NC(C)(CCc3ccccc3)C2=O)on1. The second-order valence-electron chi connectivity index (χ2n) is 6.16. The van der Waals surface area contributed by atoms with E-state index in [1.54, 1.807) is 13.8 Å². The molecule has 1 saturated heterocycles. The Morgan fingerprint density at radius 2 is 2.04 bits per heavy atom. The number of nitrogens with one attached hydrogen (secondary N) is 2. The van der Waals surface area contributed by atoms with Gasteiger partial charge in [-0.1, -0.05) is 35.5 Å². The first-order valence-corrected chi connectivity index (χ1v) is 7.84. The highest BCUT2D eigenvalue weighted by molar-refractivity contribution is 6.08. The lowest BCUT2D eigenvalue weighted by molar-refractivity contribution is -0.132. The van der Waals surface area contributed by atoms with E-state index in [9.17, 15) is 14.4 Å². The highest BCUT2D eigenvalue weighted by Gasteiger charge is 2.48. The average Bonchev–Trinajstić information content (AvgIpc) is 3.12. The number of urea groups is 1. The largest absolute Gasteiger partial charge is 0.351 e. The number of benzene rings is 1. The number of amides is 4. The first kappa shape index (κ1) is 16.7. The third kappa shape index (κ3) is 3.37. The topological polar surface area (TPSA) is 105 Å². The van der Waals surface area contributed by atoms with Crippen molar-refractivity contribution < 1.29 is 18.9 Å². The maximum Gasteiger partial charge on any atom is 0.344 e. The minimum absolute atomic E-state index is 0.0732. The quantitative estimate of drug-likeness (QED) is 0.803. The van der Waals surface area contributed by atoms with E-state index in [4.69, 9.17) is 4.52 Å². The fourth-order valence-corrected chi connectivity index (χ4v) is 2.62. The molecule has 1 aromatic heterocycles. The summed E-state index contributed by atoms with van der Waals surface area (Å²) in [6, 6.07) is 10.4. The zero-order valence-electron chi connectivity index (χ0n) is 13.9. The molecule has 25 heavy (non-hydrogen) atoms. The summed E-state index contributed by atoms with van der Waals surface area (Å²) in [6.45, 7) is 3.30. The molecule has 0 aliphatic carbocycles. The van der Waals surface area contributed by atoms with Crippen LogP contribution in [-0.2, 0) is 11.2 Å². The molecule has 2 heterocycles. The van der Waals surface area contributed by atoms with Crippen molar-refractivity contribution in [3.63, 3.8) is 0 Å². The van der Waals surface area contributed by atoms with E-state index in [-0.39, 0.29) is 5.76 Å². The molecule has 3 rings (SSSR count). The van der Waals surface area contributed by atoms with Crippen molar-refractivity contribution >= 4 is 17.8 Å². The van der Waals surface area contributed by atoms with E-state index in [1.807, 2.05) is 30.3 Å². The van der Waals surface area contributed by atoms with Crippen LogP contribution < -0.4 is 10.7 Å². The van der Waals surface area contributed by atoms with E-state index in [1.165, 1.54) is 6.07 Å². The van der Waals surface area contributed by atoms with Gasteiger partial charge in [0.2, 0.25) is 5.76 Å². The van der Waals surface area contributed by atoms with Gasteiger partial charge in [0.1, 0.15) is 5.54 Å². The normalized spacial score (nSPS) is 19.8. The number of hydrogen-bond donors (Lipinski definition) is 2. The number of nitrogens with zero attached hydrogens (tertiary/aromatic N) is 2. The fourth-order valence-electron chi connectivity index (χ4n) is 2.62. The van der Waals surface area contributed by atoms with E-state index in [2.05, 4.69) is 15.9 Å². The maximum absolute atomic E-state index is 12.6. The summed E-state index contributed by atoms with van der Waals surface area (Å²) in [6.07, 6.45) is 1.03. The average molecular weight is 342 g/mol. The molecular formula is C17H18N4O4. The standard InChI is InChI=1S/C17H18N4O4/c1-11-10-13(25-20-11)14(22)19-21-15(23)17(2,18-16(21)24)9-8-12-6-4-3-5-7-12/h3-7,10H,8-9H2,1-2H3,(H,18,24)(H,19,22). The molecule has 1 atom stereocenters. The predicted molar refractivity (Wildman–Crippen MR) is 87.3 cm³/mol. The van der Waals surface area contributed by atoms with Crippen LogP contribution in [0, 0.1) is 6.92 Å². The maximum atomic E-state index is 12.6. The van der Waals surface area contributed by atoms with Crippen LogP contribution in [-0.4, -0.2) is 33.5 Å². The number of hydrazine groups is 1. The fraction of sp³-hybridized carbons (Fsp3) is 0.294. The second kappa shape index (κ2) is 6.39. The predicted octanol–water partition coefficient (Wildman–Crippen LogP) is 1.57. The lowest BCUT2D eigenvalue weighted by Crippen LogP contribution is -2.48. The minimum Gasteiger partial charge on any atom is -0.351 e. The van der Waals surface area contributed by atoms with Gasteiger partial charge in [0.25, 0.3) is 5.91 Å². The van der Waals surface area contributed by atoms with Gasteiger partial charge in [-0.25, -0.2) is 10.2 Å². The molecule has 0 bridgehead atoms. The van der Waals surface area contributed by atoms with Crippen LogP contribution in [0.2, 0.25) is 0 Å². The molecule has 4 amide bonds. The highest BCUT2D eigenvalue weighted by Crippen LogP contribution is 2.22. The van der Waals surface area contributed by atoms with Crippen LogP contribution in [0.4, 0.5) is 4.79 Å². The van der Waals surface area contributed by atoms with Gasteiger partial charge in [-0.2, -0.15) is 5.01 Å². The molecule has 0 spiro atoms. The smallest absolute Gasteiger partial charge is 0.344 e. The summed E-state index contributed by atoms with van der Waals surface area (Å²) >= 11 is 0. The van der Waals surface area contributed by atoms with Crippen molar-refractivity contribution in [2.45, 2.75) is 32.2 Å². The zero-order chi connectivity index (χ0) is 18.0. The Morgan fingerprint density at radius 3 is 2.68 bits per heavy atom. The number of aryl methyl sites for hydroxylation is 2. The van der Waals surface area contributed by atoms with E-state index in [0.29, 0.717) is 23.5 Å². The van der Waals surface area contributed by atoms with Crippen LogP contribution >= 0.6 is 0 Å². The summed E-state index contributed by atoms with van der Waals surface area (Å²) in [5, 5.41) is 6.93. The molecule has 8 heteroatoms. The van der Waals surface area contributed by atoms with Crippen molar-refractivity contribution in [3.05, 3.63) is 53.4 Å². The Balaban J connectivity index is 1.67. The van der Waals surface area contributed by atoms with Crippen LogP contribution in [0.5, 0.6) is 0 Å². The van der Waals surface area contributed by atoms with Crippen molar-refractivity contribution in [1.82, 2.24) is 20.9 Å². The van der Waals surface area contributed by atoms with Crippen molar-refractivity contribution in [2.75, 3.05) is 0 Å². The van der Waals surface area contributed by atoms with E-state index in [0.717, 1.165) is 5.56 Å². The number of carbonyl (C=O) groups excluding carboxylic acids is 3. The summed E-state index contributed by atoms with van der Waals surface area (Å²) in [5.41, 5.74) is 2.76. The molecule has 2 N–H and O–H groups in total. The molecule has 130 valence electrons. The second-order valence-corrected chi connectivity index (χ2v) is 6.16. The summed E-state index contributed by atoms with van der Waals surface area (Å²) in [7, 11) is 0. The molecule has 0 saturated carbocycles. The van der Waals surface area contributed by atoms with Gasteiger partial charge in [-0.05, 0) is 32.3 Å². The molecule has 1 aliphatic rings. The molecule has 0 radical (unpaired) electrons. The Labute approximate surface area is 144 Å². The Morgan fingerprint density at radius 1 is 1.32 bits per heavy atom. The van der Waals surface area contributed by atoms with Gasteiger partial charge in [0.05, 0.1) is 5.69 Å². The van der Waals surface area contributed by atoms with Crippen LogP contribution in [0.25, 0.3) is 0 Å². The summed E-state index contributed by atoms with van der Waals surface area (Å²) in [4.78, 5) is 36.8. The molecule has 2 aromatic rings. The van der Waals surface area contributed by atoms with Crippen LogP contribution in [0.15, 0.2) is 40.9 Å². The van der Waals surface area contributed by atoms with Gasteiger partial charge in [0, 0.05) is 6.07 Å². The molecular weight excluding hydrogens is 324 g/mol. The first-order chi connectivity index (χ1) is 11.9. The van der Waals surface area contributed by atoms with E-state index >= 15 is 0 Å². The third-order valence-corrected chi connectivity index (χ3v) is 4.08. The lowest BCUT2D eigenvalue weighted by atomic mass is 9.93. The van der Waals surface area contributed by atoms with Crippen molar-refractivity contribution in [1.29, 1.82) is 0 Å². The highest BCUT2D eigenvalue weighted by atomic mass is 16.5. The number of aromatic nitrogens is 1. The molecule has 8 nitrogen and oxygen atoms in total. The monoisotopic (exact) mass is 342 g/mol. The molecule has 1 unspecified atom stereocenters. The summed E-state index contributed by atoms with van der Waals surface area (Å²) < 4.78 is 4.83. The zero-order valence-corrected chi connectivity index (χ0v) is 13.9. The van der Waals surface area contributed by atoms with Crippen LogP contribution in [0.3, 0.4) is 0 Å². The van der Waals surface area contributed by atoms with Crippen molar-refractivity contribution in [2.24, 2.45) is 0 Å². The van der Waals surface area contributed by atoms with Gasteiger partial charge in [0.15, 0.2) is 0 Å². The Bertz CT molecular complexity index is 817. The number of hydrogen-bond acceptors (Lipinski definition) is 5. The first-order valence-electron chi connectivity index (χ1n) is 7.84. The lowest BCUT2D eigenvalue weighted by Gasteiger charge is -2.21. The third-order valence-electron chi connectivity index (χ3n) is 4.08. The van der Waals surface area contributed by atoms with Gasteiger partial charge < -0.3 is 9.84 Å². The Hall–Kier alpha value is -3.16. The van der Waals surface area contributed by atoms with Gasteiger partial charge >= 0.3 is 11.9 Å². The number of imide groups is 1. The minimum atomic E-state index is -1.09. The molecule has 1 fully saturated rings. The van der Waals surface area contributed by atoms with Crippen molar-refractivity contribution in [3.8, 4) is 0 Å². The van der Waals surface area contributed by atoms with Crippen LogP contribution in [0.1, 0.15) is 35.2 Å². The van der Waals surface area contributed by atoms with E-state index < -0.39 is 23.4 Å². The van der Waals surface area contributed by atoms with Gasteiger partial charge in [-0.3, -0.25) is 9.59 Å². The number of carbonyl (C=O) groups is 3. The molecule has 1 aliphatic heterocycles.